The Bertz CT molecular complexity index is 185. The summed E-state index contributed by atoms with van der Waals surface area (Å²) in [6.45, 7) is 4.07. The van der Waals surface area contributed by atoms with E-state index < -0.39 is 0 Å². The zero-order chi connectivity index (χ0) is 9.68. The molecule has 1 aliphatic rings. The predicted molar refractivity (Wildman–Crippen MR) is 52.2 cm³/mol. The summed E-state index contributed by atoms with van der Waals surface area (Å²) in [4.78, 5) is 0. The van der Waals surface area contributed by atoms with Crippen molar-refractivity contribution in [3.63, 3.8) is 0 Å². The van der Waals surface area contributed by atoms with Gasteiger partial charge in [0.2, 0.25) is 0 Å². The molecule has 1 aliphatic carbocycles. The first-order valence-corrected chi connectivity index (χ1v) is 5.31. The molecule has 2 heteroatoms. The van der Waals surface area contributed by atoms with Crippen molar-refractivity contribution in [3.8, 4) is 6.07 Å². The summed E-state index contributed by atoms with van der Waals surface area (Å²) in [5, 5.41) is 8.61. The molecule has 3 atom stereocenters. The first-order valence-electron chi connectivity index (χ1n) is 5.31. The number of nitriles is 1. The summed E-state index contributed by atoms with van der Waals surface area (Å²) in [6, 6.07) is 2.12. The normalized spacial score (nSPS) is 30.8. The fourth-order valence-corrected chi connectivity index (χ4v) is 2.06. The van der Waals surface area contributed by atoms with Crippen molar-refractivity contribution in [2.45, 2.75) is 58.2 Å². The fraction of sp³-hybridized carbons (Fsp3) is 0.909. The van der Waals surface area contributed by atoms with Gasteiger partial charge in [0.15, 0.2) is 0 Å². The maximum Gasteiger partial charge on any atom is 0.141 e. The van der Waals surface area contributed by atoms with Gasteiger partial charge in [-0.2, -0.15) is 5.26 Å². The zero-order valence-corrected chi connectivity index (χ0v) is 8.62. The van der Waals surface area contributed by atoms with Crippen LogP contribution in [0.2, 0.25) is 0 Å². The smallest absolute Gasteiger partial charge is 0.141 e. The molecule has 0 aromatic carbocycles. The van der Waals surface area contributed by atoms with E-state index in [1.807, 2.05) is 6.92 Å². The van der Waals surface area contributed by atoms with Crippen molar-refractivity contribution in [2.75, 3.05) is 0 Å². The van der Waals surface area contributed by atoms with E-state index in [9.17, 15) is 0 Å². The third-order valence-electron chi connectivity index (χ3n) is 2.89. The minimum Gasteiger partial charge on any atom is -0.360 e. The second-order valence-electron chi connectivity index (χ2n) is 3.97. The van der Waals surface area contributed by atoms with Crippen molar-refractivity contribution in [1.29, 1.82) is 5.26 Å². The highest BCUT2D eigenvalue weighted by atomic mass is 16.5. The Morgan fingerprint density at radius 3 is 2.92 bits per heavy atom. The van der Waals surface area contributed by atoms with Crippen molar-refractivity contribution >= 4 is 0 Å². The molecule has 0 aromatic rings. The molecular weight excluding hydrogens is 162 g/mol. The molecule has 0 saturated heterocycles. The van der Waals surface area contributed by atoms with Gasteiger partial charge in [-0.05, 0) is 25.7 Å². The minimum absolute atomic E-state index is 0.236. The van der Waals surface area contributed by atoms with Crippen molar-refractivity contribution in [2.24, 2.45) is 5.92 Å². The van der Waals surface area contributed by atoms with Crippen molar-refractivity contribution < 1.29 is 4.74 Å². The molecule has 0 aromatic heterocycles. The molecule has 0 spiro atoms. The molecule has 0 amide bonds. The van der Waals surface area contributed by atoms with Gasteiger partial charge < -0.3 is 4.74 Å². The monoisotopic (exact) mass is 181 g/mol. The lowest BCUT2D eigenvalue weighted by molar-refractivity contribution is -0.00913. The molecule has 1 saturated carbocycles. The van der Waals surface area contributed by atoms with Crippen LogP contribution in [0.5, 0.6) is 0 Å². The predicted octanol–water partition coefficient (Wildman–Crippen LogP) is 2.88. The summed E-state index contributed by atoms with van der Waals surface area (Å²) >= 11 is 0. The Kier molecular flexibility index (Phi) is 4.24. The molecule has 3 unspecified atom stereocenters. The van der Waals surface area contributed by atoms with Gasteiger partial charge in [-0.3, -0.25) is 0 Å². The van der Waals surface area contributed by atoms with Crippen LogP contribution in [0.15, 0.2) is 0 Å². The summed E-state index contributed by atoms with van der Waals surface area (Å²) in [6.07, 6.45) is 6.26. The molecular formula is C11H19NO. The fourth-order valence-electron chi connectivity index (χ4n) is 2.06. The van der Waals surface area contributed by atoms with Crippen LogP contribution in [-0.2, 0) is 4.74 Å². The summed E-state index contributed by atoms with van der Waals surface area (Å²) < 4.78 is 5.61. The van der Waals surface area contributed by atoms with E-state index in [0.717, 1.165) is 18.8 Å². The average Bonchev–Trinajstić information content (AvgIpc) is 2.18. The molecule has 0 aliphatic heterocycles. The quantitative estimate of drug-likeness (QED) is 0.670. The van der Waals surface area contributed by atoms with E-state index >= 15 is 0 Å². The summed E-state index contributed by atoms with van der Waals surface area (Å²) in [5.74, 6) is 0.824. The molecule has 74 valence electrons. The lowest BCUT2D eigenvalue weighted by Gasteiger charge is -2.29. The largest absolute Gasteiger partial charge is 0.360 e. The highest BCUT2D eigenvalue weighted by Gasteiger charge is 2.22. The lowest BCUT2D eigenvalue weighted by atomic mass is 9.85. The van der Waals surface area contributed by atoms with Gasteiger partial charge in [-0.15, -0.1) is 0 Å². The second kappa shape index (κ2) is 5.24. The molecule has 1 rings (SSSR count). The molecule has 13 heavy (non-hydrogen) atoms. The van der Waals surface area contributed by atoms with Gasteiger partial charge in [0.25, 0.3) is 0 Å². The Morgan fingerprint density at radius 1 is 1.54 bits per heavy atom. The number of hydrogen-bond acceptors (Lipinski definition) is 2. The molecule has 0 N–H and O–H groups in total. The highest BCUT2D eigenvalue weighted by Crippen LogP contribution is 2.28. The number of nitrogens with zero attached hydrogens (tertiary/aromatic N) is 1. The summed E-state index contributed by atoms with van der Waals surface area (Å²) in [7, 11) is 0. The Labute approximate surface area is 80.9 Å². The van der Waals surface area contributed by atoms with Crippen molar-refractivity contribution in [3.05, 3.63) is 0 Å². The molecule has 0 radical (unpaired) electrons. The minimum atomic E-state index is -0.236. The van der Waals surface area contributed by atoms with E-state index in [0.29, 0.717) is 6.10 Å². The molecule has 2 nitrogen and oxygen atoms in total. The lowest BCUT2D eigenvalue weighted by Crippen LogP contribution is -2.25. The molecule has 1 fully saturated rings. The Hall–Kier alpha value is -0.550. The number of ether oxygens (including phenoxy) is 1. The van der Waals surface area contributed by atoms with Crippen LogP contribution >= 0.6 is 0 Å². The number of rotatable bonds is 3. The van der Waals surface area contributed by atoms with Gasteiger partial charge in [0.05, 0.1) is 12.2 Å². The third kappa shape index (κ3) is 3.36. The van der Waals surface area contributed by atoms with Gasteiger partial charge in [-0.1, -0.05) is 26.2 Å². The van der Waals surface area contributed by atoms with Crippen LogP contribution in [0.3, 0.4) is 0 Å². The first kappa shape index (κ1) is 10.5. The maximum atomic E-state index is 8.61. The average molecular weight is 181 g/mol. The molecule has 0 heterocycles. The van der Waals surface area contributed by atoms with Crippen LogP contribution in [-0.4, -0.2) is 12.2 Å². The third-order valence-corrected chi connectivity index (χ3v) is 2.89. The van der Waals surface area contributed by atoms with Crippen LogP contribution in [0.4, 0.5) is 0 Å². The SMILES string of the molecule is CCC1CCCC(OC(C)C#N)C1. The first-order chi connectivity index (χ1) is 6.26. The van der Waals surface area contributed by atoms with E-state index in [2.05, 4.69) is 13.0 Å². The number of hydrogen-bond donors (Lipinski definition) is 0. The van der Waals surface area contributed by atoms with Crippen molar-refractivity contribution in [1.82, 2.24) is 0 Å². The van der Waals surface area contributed by atoms with E-state index in [1.165, 1.54) is 19.3 Å². The van der Waals surface area contributed by atoms with E-state index in [1.54, 1.807) is 0 Å². The standard InChI is InChI=1S/C11H19NO/c1-3-10-5-4-6-11(7-10)13-9(2)8-12/h9-11H,3-7H2,1-2H3. The zero-order valence-electron chi connectivity index (χ0n) is 8.62. The van der Waals surface area contributed by atoms with Gasteiger partial charge in [-0.25, -0.2) is 0 Å². The van der Waals surface area contributed by atoms with Gasteiger partial charge >= 0.3 is 0 Å². The Morgan fingerprint density at radius 2 is 2.31 bits per heavy atom. The van der Waals surface area contributed by atoms with Crippen LogP contribution in [0, 0.1) is 17.2 Å². The summed E-state index contributed by atoms with van der Waals surface area (Å²) in [5.41, 5.74) is 0. The van der Waals surface area contributed by atoms with Crippen LogP contribution in [0.1, 0.15) is 46.0 Å². The van der Waals surface area contributed by atoms with Crippen LogP contribution in [0.25, 0.3) is 0 Å². The topological polar surface area (TPSA) is 33.0 Å². The molecule has 0 bridgehead atoms. The van der Waals surface area contributed by atoms with E-state index in [-0.39, 0.29) is 6.10 Å². The Balaban J connectivity index is 2.30. The maximum absolute atomic E-state index is 8.61. The van der Waals surface area contributed by atoms with Crippen LogP contribution < -0.4 is 0 Å². The highest BCUT2D eigenvalue weighted by molar-refractivity contribution is 4.82. The van der Waals surface area contributed by atoms with E-state index in [4.69, 9.17) is 10.00 Å². The van der Waals surface area contributed by atoms with Gasteiger partial charge in [0, 0.05) is 0 Å². The second-order valence-corrected chi connectivity index (χ2v) is 3.97. The van der Waals surface area contributed by atoms with Gasteiger partial charge in [0.1, 0.15) is 6.10 Å².